The second kappa shape index (κ2) is 13.5. The van der Waals surface area contributed by atoms with E-state index in [0.29, 0.717) is 11.4 Å². The zero-order valence-corrected chi connectivity index (χ0v) is 23.2. The summed E-state index contributed by atoms with van der Waals surface area (Å²) < 4.78 is 7.13. The van der Waals surface area contributed by atoms with E-state index >= 15 is 0 Å². The number of amides is 1. The summed E-state index contributed by atoms with van der Waals surface area (Å²) in [5.41, 5.74) is 10.5. The van der Waals surface area contributed by atoms with Crippen LogP contribution in [-0.2, 0) is 18.2 Å². The Hall–Kier alpha value is -3.24. The average Bonchev–Trinajstić information content (AvgIpc) is 3.49. The number of imidazole rings is 1. The molecule has 4 N–H and O–H groups in total. The smallest absolute Gasteiger partial charge is 0.411 e. The Balaban J connectivity index is 0.000000256. The van der Waals surface area contributed by atoms with Gasteiger partial charge in [0.2, 0.25) is 0 Å². The first kappa shape index (κ1) is 29.3. The highest BCUT2D eigenvalue weighted by molar-refractivity contribution is 6.30. The third kappa shape index (κ3) is 8.13. The number of hydrogen-bond acceptors (Lipinski definition) is 7. The maximum atomic E-state index is 11.5. The van der Waals surface area contributed by atoms with Crippen molar-refractivity contribution in [1.29, 1.82) is 0 Å². The summed E-state index contributed by atoms with van der Waals surface area (Å²) in [6.45, 7) is 15.8. The lowest BCUT2D eigenvalue weighted by Gasteiger charge is -2.27. The number of ether oxygens (including phenoxy) is 1. The fraction of sp³-hybridized carbons (Fsp3) is 0.393. The number of nitrogens with zero attached hydrogens (tertiary/aromatic N) is 4. The molecule has 1 aromatic heterocycles. The fourth-order valence-electron chi connectivity index (χ4n) is 3.85. The van der Waals surface area contributed by atoms with Gasteiger partial charge in [0.1, 0.15) is 0 Å². The minimum absolute atomic E-state index is 0.200. The lowest BCUT2D eigenvalue weighted by atomic mass is 9.92. The summed E-state index contributed by atoms with van der Waals surface area (Å²) in [5.74, 6) is 0. The number of allylic oxidation sites excluding steroid dienone is 2. The van der Waals surface area contributed by atoms with E-state index in [0.717, 1.165) is 60.8 Å². The minimum atomic E-state index is -0.387. The Morgan fingerprint density at radius 3 is 2.68 bits per heavy atom. The second-order valence-corrected chi connectivity index (χ2v) is 9.84. The van der Waals surface area contributed by atoms with Gasteiger partial charge in [-0.15, -0.1) is 0 Å². The molecule has 204 valence electrons. The maximum absolute atomic E-state index is 11.5. The summed E-state index contributed by atoms with van der Waals surface area (Å²) in [7, 11) is 1.91. The highest BCUT2D eigenvalue weighted by Crippen LogP contribution is 2.31. The number of aliphatic imine (C=N–C) groups is 1. The minimum Gasteiger partial charge on any atom is -0.427 e. The SMILES string of the molecule is C=CC(Cc1ccc(Cl)cc1C(=C)[C@@H](N)c1cncn1C)=N/C=C\C.CC1(OC(=O)N2CCNCC2)CN1. The topological polar surface area (TPSA) is 120 Å². The van der Waals surface area contributed by atoms with Gasteiger partial charge in [0, 0.05) is 56.6 Å². The van der Waals surface area contributed by atoms with Gasteiger partial charge in [0.15, 0.2) is 5.72 Å². The van der Waals surface area contributed by atoms with Crippen LogP contribution in [0, 0.1) is 0 Å². The van der Waals surface area contributed by atoms with Crippen molar-refractivity contribution in [3.63, 3.8) is 0 Å². The molecule has 1 unspecified atom stereocenters. The van der Waals surface area contributed by atoms with E-state index in [4.69, 9.17) is 22.1 Å². The van der Waals surface area contributed by atoms with Crippen molar-refractivity contribution in [3.8, 4) is 0 Å². The molecule has 0 spiro atoms. The molecule has 10 heteroatoms. The zero-order chi connectivity index (χ0) is 27.7. The third-order valence-corrected chi connectivity index (χ3v) is 6.56. The van der Waals surface area contributed by atoms with Crippen molar-refractivity contribution in [2.24, 2.45) is 17.8 Å². The number of rotatable bonds is 8. The highest BCUT2D eigenvalue weighted by atomic mass is 35.5. The molecular weight excluding hydrogens is 502 g/mol. The van der Waals surface area contributed by atoms with E-state index in [1.54, 1.807) is 29.7 Å². The van der Waals surface area contributed by atoms with Gasteiger partial charge in [0.05, 0.1) is 30.8 Å². The van der Waals surface area contributed by atoms with Crippen molar-refractivity contribution in [2.45, 2.75) is 32.0 Å². The van der Waals surface area contributed by atoms with Crippen LogP contribution in [0.5, 0.6) is 0 Å². The summed E-state index contributed by atoms with van der Waals surface area (Å²) in [4.78, 5) is 21.8. The number of halogens is 1. The summed E-state index contributed by atoms with van der Waals surface area (Å²) in [6, 6.07) is 5.36. The predicted octanol–water partition coefficient (Wildman–Crippen LogP) is 3.84. The van der Waals surface area contributed by atoms with Crippen molar-refractivity contribution in [1.82, 2.24) is 25.1 Å². The van der Waals surface area contributed by atoms with Crippen LogP contribution >= 0.6 is 11.6 Å². The van der Waals surface area contributed by atoms with Crippen LogP contribution in [0.1, 0.15) is 36.7 Å². The second-order valence-electron chi connectivity index (χ2n) is 9.41. The normalized spacial score (nSPS) is 19.9. The lowest BCUT2D eigenvalue weighted by Crippen LogP contribution is -2.47. The molecule has 1 amide bonds. The van der Waals surface area contributed by atoms with Crippen LogP contribution in [0.4, 0.5) is 4.79 Å². The molecule has 2 atom stereocenters. The van der Waals surface area contributed by atoms with Crippen LogP contribution < -0.4 is 16.4 Å². The number of hydrogen-bond donors (Lipinski definition) is 3. The number of nitrogens with two attached hydrogens (primary N) is 1. The molecule has 4 rings (SSSR count). The third-order valence-electron chi connectivity index (χ3n) is 6.32. The van der Waals surface area contributed by atoms with Crippen molar-refractivity contribution in [2.75, 3.05) is 32.7 Å². The van der Waals surface area contributed by atoms with E-state index < -0.39 is 0 Å². The molecule has 3 heterocycles. The van der Waals surface area contributed by atoms with Gasteiger partial charge in [-0.25, -0.2) is 9.78 Å². The number of aromatic nitrogens is 2. The number of nitrogens with one attached hydrogen (secondary N) is 2. The molecule has 0 aliphatic carbocycles. The fourth-order valence-corrected chi connectivity index (χ4v) is 4.02. The Morgan fingerprint density at radius 2 is 2.11 bits per heavy atom. The number of carbonyl (C=O) groups excluding carboxylic acids is 1. The van der Waals surface area contributed by atoms with Gasteiger partial charge >= 0.3 is 6.09 Å². The van der Waals surface area contributed by atoms with Crippen LogP contribution in [0.3, 0.4) is 0 Å². The lowest BCUT2D eigenvalue weighted by molar-refractivity contribution is 0.0534. The first-order chi connectivity index (χ1) is 18.2. The predicted molar refractivity (Wildman–Crippen MR) is 154 cm³/mol. The molecule has 0 saturated carbocycles. The monoisotopic (exact) mass is 539 g/mol. The van der Waals surface area contributed by atoms with E-state index in [1.165, 1.54) is 0 Å². The molecule has 2 aliphatic heterocycles. The molecule has 2 saturated heterocycles. The quantitative estimate of drug-likeness (QED) is 0.346. The molecule has 0 radical (unpaired) electrons. The zero-order valence-electron chi connectivity index (χ0n) is 22.4. The molecule has 2 aliphatic rings. The van der Waals surface area contributed by atoms with Gasteiger partial charge in [-0.1, -0.05) is 36.9 Å². The van der Waals surface area contributed by atoms with Crippen LogP contribution in [0.25, 0.3) is 5.57 Å². The number of aryl methyl sites for hydroxylation is 1. The Bertz CT molecular complexity index is 1190. The van der Waals surface area contributed by atoms with Crippen molar-refractivity contribution < 1.29 is 9.53 Å². The number of carbonyl (C=O) groups is 1. The van der Waals surface area contributed by atoms with Gasteiger partial charge in [-0.3, -0.25) is 10.3 Å². The van der Waals surface area contributed by atoms with Crippen LogP contribution in [-0.4, -0.2) is 64.7 Å². The maximum Gasteiger partial charge on any atom is 0.411 e. The standard InChI is InChI=1S/C20H23ClN4.C8H15N3O2/c1-5-9-24-17(6-2)10-15-7-8-16(21)11-18(15)14(3)20(22)19-12-23-13-25(19)4;1-8(6-10-8)13-7(12)11-4-2-9-3-5-11/h5-9,11-13,20H,2-3,10,22H2,1,4H3;9-10H,2-6H2,1H3/b9-5-,24-17?;/t20-;/m1./s1. The molecule has 9 nitrogen and oxygen atoms in total. The molecule has 2 aromatic rings. The molecule has 0 bridgehead atoms. The average molecular weight is 540 g/mol. The Kier molecular flexibility index (Phi) is 10.4. The highest BCUT2D eigenvalue weighted by Gasteiger charge is 2.42. The van der Waals surface area contributed by atoms with Gasteiger partial charge in [0.25, 0.3) is 0 Å². The molecule has 2 fully saturated rings. The van der Waals surface area contributed by atoms with E-state index in [2.05, 4.69) is 33.8 Å². The van der Waals surface area contributed by atoms with Crippen molar-refractivity contribution in [3.05, 3.63) is 84.1 Å². The van der Waals surface area contributed by atoms with Crippen molar-refractivity contribution >= 4 is 29.0 Å². The van der Waals surface area contributed by atoms with E-state index in [1.807, 2.05) is 49.7 Å². The summed E-state index contributed by atoms with van der Waals surface area (Å²) in [5, 5.41) is 6.82. The largest absolute Gasteiger partial charge is 0.427 e. The number of piperazine rings is 1. The number of benzene rings is 1. The molecule has 38 heavy (non-hydrogen) atoms. The van der Waals surface area contributed by atoms with Crippen LogP contribution in [0.15, 0.2) is 67.2 Å². The molecule has 1 aromatic carbocycles. The van der Waals surface area contributed by atoms with Crippen LogP contribution in [0.2, 0.25) is 5.02 Å². The van der Waals surface area contributed by atoms with E-state index in [9.17, 15) is 4.79 Å². The summed E-state index contributed by atoms with van der Waals surface area (Å²) >= 11 is 6.21. The first-order valence-corrected chi connectivity index (χ1v) is 13.0. The Morgan fingerprint density at radius 1 is 1.39 bits per heavy atom. The molecular formula is C28H38ClN7O2. The van der Waals surface area contributed by atoms with E-state index in [-0.39, 0.29) is 17.9 Å². The van der Waals surface area contributed by atoms with Gasteiger partial charge in [-0.2, -0.15) is 0 Å². The first-order valence-electron chi connectivity index (χ1n) is 12.6. The Labute approximate surface area is 230 Å². The van der Waals surface area contributed by atoms with Gasteiger partial charge in [-0.05, 0) is 48.8 Å². The summed E-state index contributed by atoms with van der Waals surface area (Å²) in [6.07, 6.45) is 9.28. The van der Waals surface area contributed by atoms with Gasteiger partial charge < -0.3 is 25.3 Å².